The highest BCUT2D eigenvalue weighted by Crippen LogP contribution is 2.25. The van der Waals surface area contributed by atoms with Gasteiger partial charge in [0.25, 0.3) is 5.91 Å². The van der Waals surface area contributed by atoms with Crippen LogP contribution >= 0.6 is 0 Å². The fourth-order valence-corrected chi connectivity index (χ4v) is 3.13. The van der Waals surface area contributed by atoms with Crippen molar-refractivity contribution in [2.75, 3.05) is 30.4 Å². The van der Waals surface area contributed by atoms with E-state index in [-0.39, 0.29) is 5.91 Å². The maximum Gasteiger partial charge on any atom is 0.268 e. The predicted molar refractivity (Wildman–Crippen MR) is 108 cm³/mol. The maximum absolute atomic E-state index is 12.5. The Hall–Kier alpha value is -3.02. The second-order valence-electron chi connectivity index (χ2n) is 6.24. The molecule has 2 aromatic rings. The molecule has 0 aliphatic carbocycles. The topological polar surface area (TPSA) is 63.2 Å². The summed E-state index contributed by atoms with van der Waals surface area (Å²) in [7, 11) is 1.61. The van der Waals surface area contributed by atoms with Crippen molar-refractivity contribution in [3.63, 3.8) is 0 Å². The molecule has 0 unspecified atom stereocenters. The van der Waals surface area contributed by atoms with Crippen LogP contribution in [0.1, 0.15) is 25.8 Å². The highest BCUT2D eigenvalue weighted by atomic mass is 16.6. The lowest BCUT2D eigenvalue weighted by atomic mass is 10.0. The van der Waals surface area contributed by atoms with Crippen molar-refractivity contribution in [1.82, 2.24) is 0 Å². The number of carbonyl (C=O) groups is 1. The maximum atomic E-state index is 12.5. The van der Waals surface area contributed by atoms with Crippen molar-refractivity contribution in [3.05, 3.63) is 54.1 Å². The highest BCUT2D eigenvalue weighted by molar-refractivity contribution is 6.07. The van der Waals surface area contributed by atoms with E-state index in [0.717, 1.165) is 30.0 Å². The Balaban J connectivity index is 1.61. The third-order valence-corrected chi connectivity index (χ3v) is 4.64. The summed E-state index contributed by atoms with van der Waals surface area (Å²) in [5.41, 5.74) is 3.44. The molecule has 0 radical (unpaired) electrons. The van der Waals surface area contributed by atoms with E-state index in [2.05, 4.69) is 29.2 Å². The van der Waals surface area contributed by atoms with Crippen molar-refractivity contribution in [2.45, 2.75) is 26.4 Å². The summed E-state index contributed by atoms with van der Waals surface area (Å²) in [6.07, 6.45) is -0.239. The molecular weight excluding hydrogens is 342 g/mol. The van der Waals surface area contributed by atoms with Gasteiger partial charge < -0.3 is 19.8 Å². The minimum Gasteiger partial charge on any atom is -0.496 e. The first-order valence-corrected chi connectivity index (χ1v) is 9.18. The minimum absolute atomic E-state index is 0.209. The molecule has 27 heavy (non-hydrogen) atoms. The van der Waals surface area contributed by atoms with Gasteiger partial charge in [0.05, 0.1) is 12.8 Å². The number of para-hydroxylation sites is 1. The number of nitrogens with one attached hydrogen (secondary N) is 1. The molecule has 0 aromatic heterocycles. The van der Waals surface area contributed by atoms with E-state index in [1.807, 2.05) is 48.5 Å². The van der Waals surface area contributed by atoms with E-state index < -0.39 is 6.10 Å². The van der Waals surface area contributed by atoms with E-state index in [1.54, 1.807) is 7.11 Å². The molecule has 1 heterocycles. The van der Waals surface area contributed by atoms with Crippen LogP contribution in [0, 0.1) is 0 Å². The molecule has 1 amide bonds. The fraction of sp³-hybridized carbons (Fsp3) is 0.333. The van der Waals surface area contributed by atoms with Crippen LogP contribution in [-0.4, -0.2) is 37.9 Å². The Bertz CT molecular complexity index is 814. The number of amides is 1. The highest BCUT2D eigenvalue weighted by Gasteiger charge is 2.30. The molecule has 1 N–H and O–H groups in total. The van der Waals surface area contributed by atoms with Gasteiger partial charge in [-0.2, -0.15) is 0 Å². The SMILES string of the molecule is CCN(CC)c1ccc(NC(=O)[C@H]2CC(c3ccccc3OC)=NO2)cc1. The summed E-state index contributed by atoms with van der Waals surface area (Å²) in [5, 5.41) is 6.99. The second kappa shape index (κ2) is 8.58. The van der Waals surface area contributed by atoms with Crippen LogP contribution in [0.3, 0.4) is 0 Å². The van der Waals surface area contributed by atoms with Crippen LogP contribution in [0.5, 0.6) is 5.75 Å². The van der Waals surface area contributed by atoms with Crippen molar-refractivity contribution >= 4 is 23.0 Å². The Morgan fingerprint density at radius 3 is 2.56 bits per heavy atom. The Kier molecular flexibility index (Phi) is 5.96. The first kappa shape index (κ1) is 18.8. The number of carbonyl (C=O) groups excluding carboxylic acids is 1. The largest absolute Gasteiger partial charge is 0.496 e. The lowest BCUT2D eigenvalue weighted by Crippen LogP contribution is -2.28. The summed E-state index contributed by atoms with van der Waals surface area (Å²) in [6, 6.07) is 15.4. The predicted octanol–water partition coefficient (Wildman–Crippen LogP) is 3.67. The number of hydrogen-bond donors (Lipinski definition) is 1. The monoisotopic (exact) mass is 367 g/mol. The van der Waals surface area contributed by atoms with Gasteiger partial charge in [0.2, 0.25) is 6.10 Å². The first-order valence-electron chi connectivity index (χ1n) is 9.18. The summed E-state index contributed by atoms with van der Waals surface area (Å²) in [6.45, 7) is 6.13. The standard InChI is InChI=1S/C21H25N3O3/c1-4-24(5-2)16-12-10-15(11-13-16)22-21(25)20-14-18(23-27-20)17-8-6-7-9-19(17)26-3/h6-13,20H,4-5,14H2,1-3H3,(H,22,25)/t20-/m1/s1. The van der Waals surface area contributed by atoms with Gasteiger partial charge in [-0.1, -0.05) is 17.3 Å². The van der Waals surface area contributed by atoms with Gasteiger partial charge in [-0.15, -0.1) is 0 Å². The minimum atomic E-state index is -0.646. The molecule has 0 fully saturated rings. The second-order valence-corrected chi connectivity index (χ2v) is 6.24. The number of anilines is 2. The molecule has 2 aromatic carbocycles. The van der Waals surface area contributed by atoms with Crippen molar-refractivity contribution in [1.29, 1.82) is 0 Å². The molecule has 1 aliphatic heterocycles. The smallest absolute Gasteiger partial charge is 0.268 e. The van der Waals surface area contributed by atoms with E-state index in [4.69, 9.17) is 9.57 Å². The summed E-state index contributed by atoms with van der Waals surface area (Å²) < 4.78 is 5.36. The zero-order valence-corrected chi connectivity index (χ0v) is 15.9. The zero-order chi connectivity index (χ0) is 19.2. The van der Waals surface area contributed by atoms with Gasteiger partial charge in [-0.25, -0.2) is 0 Å². The van der Waals surface area contributed by atoms with E-state index in [9.17, 15) is 4.79 Å². The van der Waals surface area contributed by atoms with Gasteiger partial charge in [0.1, 0.15) is 5.75 Å². The molecule has 3 rings (SSSR count). The Morgan fingerprint density at radius 1 is 1.19 bits per heavy atom. The Morgan fingerprint density at radius 2 is 1.89 bits per heavy atom. The van der Waals surface area contributed by atoms with Gasteiger partial charge >= 0.3 is 0 Å². The number of rotatable bonds is 7. The molecule has 0 saturated heterocycles. The molecule has 6 nitrogen and oxygen atoms in total. The van der Waals surface area contributed by atoms with Crippen LogP contribution in [-0.2, 0) is 9.63 Å². The molecule has 0 saturated carbocycles. The molecule has 0 spiro atoms. The average molecular weight is 367 g/mol. The number of hydrogen-bond acceptors (Lipinski definition) is 5. The summed E-state index contributed by atoms with van der Waals surface area (Å²) >= 11 is 0. The lowest BCUT2D eigenvalue weighted by Gasteiger charge is -2.21. The molecular formula is C21H25N3O3. The van der Waals surface area contributed by atoms with Crippen LogP contribution in [0.4, 0.5) is 11.4 Å². The Labute approximate surface area is 159 Å². The van der Waals surface area contributed by atoms with Gasteiger partial charge in [0, 0.05) is 36.4 Å². The third-order valence-electron chi connectivity index (χ3n) is 4.64. The summed E-state index contributed by atoms with van der Waals surface area (Å²) in [4.78, 5) is 20.1. The van der Waals surface area contributed by atoms with E-state index in [0.29, 0.717) is 17.9 Å². The molecule has 142 valence electrons. The molecule has 1 aliphatic rings. The number of oxime groups is 1. The molecule has 0 bridgehead atoms. The van der Waals surface area contributed by atoms with Gasteiger partial charge in [-0.3, -0.25) is 4.79 Å². The van der Waals surface area contributed by atoms with E-state index in [1.165, 1.54) is 0 Å². The normalized spacial score (nSPS) is 15.7. The first-order chi connectivity index (χ1) is 13.2. The van der Waals surface area contributed by atoms with Gasteiger partial charge in [-0.05, 0) is 50.2 Å². The van der Waals surface area contributed by atoms with E-state index >= 15 is 0 Å². The van der Waals surface area contributed by atoms with Crippen molar-refractivity contribution in [3.8, 4) is 5.75 Å². The number of nitrogens with zero attached hydrogens (tertiary/aromatic N) is 2. The fourth-order valence-electron chi connectivity index (χ4n) is 3.13. The third kappa shape index (κ3) is 4.22. The lowest BCUT2D eigenvalue weighted by molar-refractivity contribution is -0.125. The zero-order valence-electron chi connectivity index (χ0n) is 15.9. The van der Waals surface area contributed by atoms with Crippen molar-refractivity contribution < 1.29 is 14.4 Å². The summed E-state index contributed by atoms with van der Waals surface area (Å²) in [5.74, 6) is 0.507. The molecule has 6 heteroatoms. The van der Waals surface area contributed by atoms with Crippen LogP contribution in [0.25, 0.3) is 0 Å². The average Bonchev–Trinajstić information content (AvgIpc) is 3.20. The number of methoxy groups -OCH3 is 1. The quantitative estimate of drug-likeness (QED) is 0.811. The van der Waals surface area contributed by atoms with Crippen LogP contribution in [0.15, 0.2) is 53.7 Å². The number of ether oxygens (including phenoxy) is 1. The number of benzene rings is 2. The van der Waals surface area contributed by atoms with Crippen molar-refractivity contribution in [2.24, 2.45) is 5.16 Å². The van der Waals surface area contributed by atoms with Crippen LogP contribution < -0.4 is 15.0 Å². The van der Waals surface area contributed by atoms with Gasteiger partial charge in [0.15, 0.2) is 0 Å². The molecule has 1 atom stereocenters. The van der Waals surface area contributed by atoms with Crippen LogP contribution in [0.2, 0.25) is 0 Å².